The molecule has 0 saturated carbocycles. The minimum absolute atomic E-state index is 0.0226. The number of aliphatic hydroxyl groups excluding tert-OH is 1. The number of aliphatic hydroxyl groups is 1. The van der Waals surface area contributed by atoms with E-state index in [2.05, 4.69) is 0 Å². The van der Waals surface area contributed by atoms with Gasteiger partial charge in [0.1, 0.15) is 23.4 Å². The van der Waals surface area contributed by atoms with E-state index < -0.39 is 23.5 Å². The third kappa shape index (κ3) is 3.85. The molecule has 5 nitrogen and oxygen atoms in total. The van der Waals surface area contributed by atoms with E-state index >= 15 is 0 Å². The first-order chi connectivity index (χ1) is 16.4. The molecule has 0 aromatic heterocycles. The second-order valence-electron chi connectivity index (χ2n) is 8.70. The van der Waals surface area contributed by atoms with Gasteiger partial charge >= 0.3 is 0 Å². The fraction of sp³-hybridized carbons (Fsp3) is 0.214. The Labute approximate surface area is 197 Å². The number of hydrogen-bond donors (Lipinski definition) is 1. The molecule has 172 valence electrons. The van der Waals surface area contributed by atoms with Crippen LogP contribution in [0.2, 0.25) is 0 Å². The molecule has 2 aliphatic heterocycles. The Hall–Kier alpha value is -3.93. The van der Waals surface area contributed by atoms with Crippen molar-refractivity contribution in [3.05, 3.63) is 106 Å². The predicted molar refractivity (Wildman–Crippen MR) is 126 cm³/mol. The van der Waals surface area contributed by atoms with Crippen LogP contribution in [0, 0.1) is 5.82 Å². The molecule has 1 N–H and O–H groups in total. The van der Waals surface area contributed by atoms with E-state index in [4.69, 9.17) is 4.74 Å². The second kappa shape index (κ2) is 8.78. The van der Waals surface area contributed by atoms with Gasteiger partial charge in [-0.05, 0) is 48.7 Å². The molecule has 1 amide bonds. The molecule has 1 fully saturated rings. The van der Waals surface area contributed by atoms with Crippen molar-refractivity contribution in [2.45, 2.75) is 31.9 Å². The van der Waals surface area contributed by atoms with E-state index in [1.54, 1.807) is 36.4 Å². The summed E-state index contributed by atoms with van der Waals surface area (Å²) in [5.41, 5.74) is 2.38. The number of benzene rings is 3. The van der Waals surface area contributed by atoms with Gasteiger partial charge in [0.15, 0.2) is 0 Å². The number of carbonyl (C=O) groups is 2. The van der Waals surface area contributed by atoms with Gasteiger partial charge < -0.3 is 14.7 Å². The van der Waals surface area contributed by atoms with E-state index in [9.17, 15) is 19.1 Å². The quantitative estimate of drug-likeness (QED) is 0.339. The lowest BCUT2D eigenvalue weighted by atomic mass is 9.94. The van der Waals surface area contributed by atoms with E-state index in [0.717, 1.165) is 16.9 Å². The van der Waals surface area contributed by atoms with Gasteiger partial charge in [-0.3, -0.25) is 9.59 Å². The van der Waals surface area contributed by atoms with Crippen LogP contribution in [0.5, 0.6) is 5.75 Å². The molecule has 6 heteroatoms. The van der Waals surface area contributed by atoms with Crippen LogP contribution in [0.3, 0.4) is 0 Å². The summed E-state index contributed by atoms with van der Waals surface area (Å²) < 4.78 is 20.7. The van der Waals surface area contributed by atoms with Crippen LogP contribution in [0.15, 0.2) is 78.4 Å². The van der Waals surface area contributed by atoms with Crippen molar-refractivity contribution in [3.8, 4) is 5.75 Å². The molecule has 0 aliphatic carbocycles. The van der Waals surface area contributed by atoms with E-state index in [1.165, 1.54) is 11.0 Å². The molecule has 0 spiro atoms. The van der Waals surface area contributed by atoms with Crippen LogP contribution < -0.4 is 4.74 Å². The first kappa shape index (κ1) is 21.9. The van der Waals surface area contributed by atoms with Crippen molar-refractivity contribution in [3.63, 3.8) is 0 Å². The van der Waals surface area contributed by atoms with Crippen LogP contribution in [-0.4, -0.2) is 34.3 Å². The molecule has 3 aromatic rings. The topological polar surface area (TPSA) is 66.8 Å². The Morgan fingerprint density at radius 3 is 2.56 bits per heavy atom. The van der Waals surface area contributed by atoms with E-state index in [-0.39, 0.29) is 29.5 Å². The summed E-state index contributed by atoms with van der Waals surface area (Å²) in [5, 5.41) is 11.2. The summed E-state index contributed by atoms with van der Waals surface area (Å²) in [6, 6.07) is 19.8. The number of ether oxygens (including phenoxy) is 1. The van der Waals surface area contributed by atoms with Crippen LogP contribution in [0.25, 0.3) is 5.76 Å². The van der Waals surface area contributed by atoms with Gasteiger partial charge in [-0.25, -0.2) is 4.39 Å². The number of halogens is 1. The lowest BCUT2D eigenvalue weighted by Crippen LogP contribution is -2.32. The summed E-state index contributed by atoms with van der Waals surface area (Å²) in [4.78, 5) is 27.6. The maximum atomic E-state index is 14.9. The van der Waals surface area contributed by atoms with Crippen LogP contribution >= 0.6 is 0 Å². The van der Waals surface area contributed by atoms with Gasteiger partial charge in [-0.1, -0.05) is 48.5 Å². The zero-order valence-electron chi connectivity index (χ0n) is 18.7. The number of ketones is 1. The molecule has 3 aromatic carbocycles. The molecule has 2 aliphatic rings. The lowest BCUT2D eigenvalue weighted by Gasteiger charge is -2.25. The van der Waals surface area contributed by atoms with E-state index in [1.807, 2.05) is 37.3 Å². The molecule has 5 rings (SSSR count). The van der Waals surface area contributed by atoms with Crippen LogP contribution in [0.4, 0.5) is 4.39 Å². The summed E-state index contributed by atoms with van der Waals surface area (Å²) >= 11 is 0. The minimum atomic E-state index is -1.02. The summed E-state index contributed by atoms with van der Waals surface area (Å²) in [7, 11) is 0. The number of carbonyl (C=O) groups excluding carboxylic acids is 2. The number of Topliss-reactive ketones (excluding diaryl/α,β-unsaturated/α-hetero) is 1. The number of likely N-dealkylation sites (tertiary alicyclic amines) is 1. The van der Waals surface area contributed by atoms with Crippen molar-refractivity contribution >= 4 is 17.4 Å². The zero-order valence-corrected chi connectivity index (χ0v) is 18.7. The molecular formula is C28H24FNO4. The lowest BCUT2D eigenvalue weighted by molar-refractivity contribution is -0.139. The van der Waals surface area contributed by atoms with Crippen molar-refractivity contribution < 1.29 is 23.8 Å². The number of nitrogens with zero attached hydrogens (tertiary/aromatic N) is 1. The maximum Gasteiger partial charge on any atom is 0.295 e. The number of amides is 1. The summed E-state index contributed by atoms with van der Waals surface area (Å²) in [6.45, 7) is 2.16. The Morgan fingerprint density at radius 2 is 1.79 bits per heavy atom. The fourth-order valence-corrected chi connectivity index (χ4v) is 4.75. The smallest absolute Gasteiger partial charge is 0.295 e. The highest BCUT2D eigenvalue weighted by Gasteiger charge is 2.46. The van der Waals surface area contributed by atoms with Crippen LogP contribution in [-0.2, 0) is 22.4 Å². The van der Waals surface area contributed by atoms with Gasteiger partial charge in [0.2, 0.25) is 0 Å². The van der Waals surface area contributed by atoms with Crippen molar-refractivity contribution in [2.24, 2.45) is 0 Å². The predicted octanol–water partition coefficient (Wildman–Crippen LogP) is 4.81. The average Bonchev–Trinajstić information content (AvgIpc) is 3.33. The molecule has 2 atom stereocenters. The molecule has 34 heavy (non-hydrogen) atoms. The maximum absolute atomic E-state index is 14.9. The number of fused-ring (bicyclic) bond motifs is 1. The third-order valence-electron chi connectivity index (χ3n) is 6.39. The molecular weight excluding hydrogens is 433 g/mol. The Balaban J connectivity index is 1.59. The van der Waals surface area contributed by atoms with E-state index in [0.29, 0.717) is 18.4 Å². The van der Waals surface area contributed by atoms with Gasteiger partial charge in [0.05, 0.1) is 11.6 Å². The van der Waals surface area contributed by atoms with Crippen LogP contribution in [0.1, 0.15) is 35.2 Å². The second-order valence-corrected chi connectivity index (χ2v) is 8.70. The molecule has 0 unspecified atom stereocenters. The summed E-state index contributed by atoms with van der Waals surface area (Å²) in [6.07, 6.45) is 1.19. The first-order valence-corrected chi connectivity index (χ1v) is 11.3. The molecule has 0 bridgehead atoms. The highest BCUT2D eigenvalue weighted by Crippen LogP contribution is 2.41. The third-order valence-corrected chi connectivity index (χ3v) is 6.39. The fourth-order valence-electron chi connectivity index (χ4n) is 4.75. The normalized spacial score (nSPS) is 20.9. The van der Waals surface area contributed by atoms with Crippen molar-refractivity contribution in [2.75, 3.05) is 6.54 Å². The highest BCUT2D eigenvalue weighted by atomic mass is 19.1. The van der Waals surface area contributed by atoms with Gasteiger partial charge in [-0.2, -0.15) is 0 Å². The van der Waals surface area contributed by atoms with Gasteiger partial charge in [-0.15, -0.1) is 0 Å². The van der Waals surface area contributed by atoms with Gasteiger partial charge in [0.25, 0.3) is 11.7 Å². The van der Waals surface area contributed by atoms with Gasteiger partial charge in [0, 0.05) is 24.1 Å². The Kier molecular flexibility index (Phi) is 5.65. The average molecular weight is 458 g/mol. The zero-order chi connectivity index (χ0) is 23.8. The first-order valence-electron chi connectivity index (χ1n) is 11.3. The molecule has 1 saturated heterocycles. The minimum Gasteiger partial charge on any atom is -0.507 e. The monoisotopic (exact) mass is 457 g/mol. The standard InChI is InChI=1S/C28H24FNO4/c1-17-15-20-16-19(11-12-23(20)34-17)26(31)24-25(21-9-5-6-10-22(21)29)30(28(33)27(24)32)14-13-18-7-3-2-4-8-18/h2-12,16-17,25,31H,13-15H2,1H3/b26-24+/t17-,25+/m0/s1. The Bertz CT molecular complexity index is 1300. The van der Waals surface area contributed by atoms with Crippen molar-refractivity contribution in [1.82, 2.24) is 4.90 Å². The van der Waals surface area contributed by atoms with Crippen molar-refractivity contribution in [1.29, 1.82) is 0 Å². The highest BCUT2D eigenvalue weighted by molar-refractivity contribution is 6.46. The molecule has 2 heterocycles. The molecule has 0 radical (unpaired) electrons. The Morgan fingerprint density at radius 1 is 1.06 bits per heavy atom. The largest absolute Gasteiger partial charge is 0.507 e. The number of rotatable bonds is 5. The number of hydrogen-bond acceptors (Lipinski definition) is 4. The summed E-state index contributed by atoms with van der Waals surface area (Å²) in [5.74, 6) is -1.68. The SMILES string of the molecule is C[C@H]1Cc2cc(/C(O)=C3\C(=O)C(=O)N(CCc4ccccc4)[C@@H]3c3ccccc3F)ccc2O1.